The van der Waals surface area contributed by atoms with Crippen LogP contribution in [0.5, 0.6) is 0 Å². The molecule has 1 N–H and O–H groups in total. The summed E-state index contributed by atoms with van der Waals surface area (Å²) < 4.78 is 2.05. The lowest BCUT2D eigenvalue weighted by Crippen LogP contribution is -2.18. The summed E-state index contributed by atoms with van der Waals surface area (Å²) in [6.07, 6.45) is 3.73. The van der Waals surface area contributed by atoms with Gasteiger partial charge in [0.15, 0.2) is 5.16 Å². The van der Waals surface area contributed by atoms with Crippen LogP contribution < -0.4 is 5.32 Å². The number of carbonyl (C=O) groups excluding carboxylic acids is 1. The van der Waals surface area contributed by atoms with Crippen molar-refractivity contribution in [1.82, 2.24) is 9.55 Å². The standard InChI is InChI=1S/C25H31N3OS/c1-16(2)20-8-7-9-21(17(3)4)24(20)27-23(29)15-30-25-26-12-13-28(25)22-11-10-18(5)14-19(22)6/h7-14,16-17H,15H2,1-6H3,(H,27,29). The predicted molar refractivity (Wildman–Crippen MR) is 127 cm³/mol. The third-order valence-electron chi connectivity index (χ3n) is 5.19. The lowest BCUT2D eigenvalue weighted by Gasteiger charge is -2.20. The third-order valence-corrected chi connectivity index (χ3v) is 6.16. The van der Waals surface area contributed by atoms with Crippen LogP contribution in [0.25, 0.3) is 5.69 Å². The number of thioether (sulfide) groups is 1. The van der Waals surface area contributed by atoms with E-state index in [1.54, 1.807) is 6.20 Å². The van der Waals surface area contributed by atoms with Crippen molar-refractivity contribution in [3.63, 3.8) is 0 Å². The molecule has 0 saturated carbocycles. The number of nitrogens with one attached hydrogen (secondary N) is 1. The number of hydrogen-bond donors (Lipinski definition) is 1. The van der Waals surface area contributed by atoms with Gasteiger partial charge in [-0.3, -0.25) is 9.36 Å². The summed E-state index contributed by atoms with van der Waals surface area (Å²) in [5.74, 6) is 0.988. The number of aryl methyl sites for hydroxylation is 2. The van der Waals surface area contributed by atoms with Gasteiger partial charge in [0.1, 0.15) is 0 Å². The molecule has 1 aromatic heterocycles. The first-order valence-electron chi connectivity index (χ1n) is 10.4. The molecule has 0 aliphatic heterocycles. The molecule has 158 valence electrons. The van der Waals surface area contributed by atoms with Gasteiger partial charge in [0.05, 0.1) is 11.4 Å². The fraction of sp³-hybridized carbons (Fsp3) is 0.360. The maximum absolute atomic E-state index is 12.8. The summed E-state index contributed by atoms with van der Waals surface area (Å²) in [7, 11) is 0. The molecule has 1 heterocycles. The van der Waals surface area contributed by atoms with E-state index in [0.29, 0.717) is 17.6 Å². The largest absolute Gasteiger partial charge is 0.325 e. The summed E-state index contributed by atoms with van der Waals surface area (Å²) in [5, 5.41) is 4.00. The number of benzene rings is 2. The highest BCUT2D eigenvalue weighted by atomic mass is 32.2. The molecule has 0 radical (unpaired) electrons. The van der Waals surface area contributed by atoms with Crippen LogP contribution in [0.3, 0.4) is 0 Å². The quantitative estimate of drug-likeness (QED) is 0.445. The second-order valence-electron chi connectivity index (χ2n) is 8.33. The van der Waals surface area contributed by atoms with Gasteiger partial charge >= 0.3 is 0 Å². The Morgan fingerprint density at radius 2 is 1.73 bits per heavy atom. The minimum atomic E-state index is -0.00909. The van der Waals surface area contributed by atoms with Crippen LogP contribution in [0.15, 0.2) is 53.9 Å². The second kappa shape index (κ2) is 9.52. The first-order chi connectivity index (χ1) is 14.3. The lowest BCUT2D eigenvalue weighted by atomic mass is 9.92. The molecule has 0 aliphatic carbocycles. The van der Waals surface area contributed by atoms with Gasteiger partial charge in [0, 0.05) is 18.1 Å². The minimum absolute atomic E-state index is 0.00909. The smallest absolute Gasteiger partial charge is 0.234 e. The topological polar surface area (TPSA) is 46.9 Å². The average molecular weight is 422 g/mol. The number of rotatable bonds is 7. The van der Waals surface area contributed by atoms with Crippen LogP contribution in [0.4, 0.5) is 5.69 Å². The van der Waals surface area contributed by atoms with Crippen LogP contribution in [-0.2, 0) is 4.79 Å². The molecule has 30 heavy (non-hydrogen) atoms. The molecule has 0 spiro atoms. The zero-order chi connectivity index (χ0) is 21.8. The van der Waals surface area contributed by atoms with E-state index < -0.39 is 0 Å². The summed E-state index contributed by atoms with van der Waals surface area (Å²) in [5.41, 5.74) is 6.83. The summed E-state index contributed by atoms with van der Waals surface area (Å²) >= 11 is 1.46. The minimum Gasteiger partial charge on any atom is -0.325 e. The van der Waals surface area contributed by atoms with Gasteiger partial charge in [-0.25, -0.2) is 4.98 Å². The number of amides is 1. The van der Waals surface area contributed by atoms with Crippen molar-refractivity contribution in [1.29, 1.82) is 0 Å². The Bertz CT molecular complexity index is 1010. The lowest BCUT2D eigenvalue weighted by molar-refractivity contribution is -0.113. The van der Waals surface area contributed by atoms with E-state index in [9.17, 15) is 4.79 Å². The Hall–Kier alpha value is -2.53. The molecule has 0 unspecified atom stereocenters. The summed E-state index contributed by atoms with van der Waals surface area (Å²) in [4.78, 5) is 17.3. The van der Waals surface area contributed by atoms with Gasteiger partial charge in [0.25, 0.3) is 0 Å². The highest BCUT2D eigenvalue weighted by Gasteiger charge is 2.17. The van der Waals surface area contributed by atoms with E-state index >= 15 is 0 Å². The first kappa shape index (κ1) is 22.2. The van der Waals surface area contributed by atoms with Gasteiger partial charge in [0.2, 0.25) is 5.91 Å². The summed E-state index contributed by atoms with van der Waals surface area (Å²) in [6.45, 7) is 12.8. The molecule has 1 amide bonds. The molecule has 3 aromatic rings. The molecular weight excluding hydrogens is 390 g/mol. The fourth-order valence-electron chi connectivity index (χ4n) is 3.66. The Labute approximate surface area is 184 Å². The van der Waals surface area contributed by atoms with Gasteiger partial charge in [-0.2, -0.15) is 0 Å². The number of carbonyl (C=O) groups is 1. The molecular formula is C25H31N3OS. The van der Waals surface area contributed by atoms with Gasteiger partial charge in [-0.15, -0.1) is 0 Å². The third kappa shape index (κ3) is 4.96. The molecule has 0 bridgehead atoms. The van der Waals surface area contributed by atoms with Crippen LogP contribution in [-0.4, -0.2) is 21.2 Å². The maximum atomic E-state index is 12.8. The molecule has 3 rings (SSSR count). The van der Waals surface area contributed by atoms with E-state index in [1.165, 1.54) is 34.0 Å². The molecule has 5 heteroatoms. The van der Waals surface area contributed by atoms with Crippen molar-refractivity contribution in [2.24, 2.45) is 0 Å². The molecule has 0 saturated heterocycles. The number of anilines is 1. The highest BCUT2D eigenvalue weighted by Crippen LogP contribution is 2.32. The number of nitrogens with zero attached hydrogens (tertiary/aromatic N) is 2. The normalized spacial score (nSPS) is 11.3. The Morgan fingerprint density at radius 1 is 1.07 bits per heavy atom. The van der Waals surface area contributed by atoms with Crippen molar-refractivity contribution in [2.75, 3.05) is 11.1 Å². The number of imidazole rings is 1. The van der Waals surface area contributed by atoms with E-state index in [-0.39, 0.29) is 5.91 Å². The zero-order valence-corrected chi connectivity index (χ0v) is 19.5. The number of aromatic nitrogens is 2. The monoisotopic (exact) mass is 421 g/mol. The van der Waals surface area contributed by atoms with Crippen LogP contribution >= 0.6 is 11.8 Å². The van der Waals surface area contributed by atoms with Gasteiger partial charge in [-0.05, 0) is 48.4 Å². The van der Waals surface area contributed by atoms with Crippen molar-refractivity contribution < 1.29 is 4.79 Å². The number of para-hydroxylation sites is 1. The highest BCUT2D eigenvalue weighted by molar-refractivity contribution is 7.99. The van der Waals surface area contributed by atoms with Crippen molar-refractivity contribution in [3.05, 3.63) is 71.0 Å². The second-order valence-corrected chi connectivity index (χ2v) is 9.27. The molecule has 0 atom stereocenters. The van der Waals surface area contributed by atoms with E-state index in [2.05, 4.69) is 88.2 Å². The Morgan fingerprint density at radius 3 is 2.33 bits per heavy atom. The van der Waals surface area contributed by atoms with Crippen LogP contribution in [0, 0.1) is 13.8 Å². The Kier molecular flexibility index (Phi) is 7.03. The van der Waals surface area contributed by atoms with Crippen molar-refractivity contribution in [2.45, 2.75) is 58.5 Å². The Balaban J connectivity index is 1.77. The van der Waals surface area contributed by atoms with Crippen molar-refractivity contribution in [3.8, 4) is 5.69 Å². The van der Waals surface area contributed by atoms with Gasteiger partial charge in [-0.1, -0.05) is 75.4 Å². The first-order valence-corrected chi connectivity index (χ1v) is 11.4. The summed E-state index contributed by atoms with van der Waals surface area (Å²) in [6, 6.07) is 12.6. The molecule has 2 aromatic carbocycles. The van der Waals surface area contributed by atoms with E-state index in [0.717, 1.165) is 16.5 Å². The van der Waals surface area contributed by atoms with E-state index in [4.69, 9.17) is 0 Å². The number of hydrogen-bond acceptors (Lipinski definition) is 3. The van der Waals surface area contributed by atoms with Crippen LogP contribution in [0.1, 0.15) is 61.8 Å². The van der Waals surface area contributed by atoms with Gasteiger partial charge < -0.3 is 5.32 Å². The zero-order valence-electron chi connectivity index (χ0n) is 18.7. The van der Waals surface area contributed by atoms with Crippen LogP contribution in [0.2, 0.25) is 0 Å². The fourth-order valence-corrected chi connectivity index (χ4v) is 4.42. The maximum Gasteiger partial charge on any atom is 0.234 e. The molecule has 0 aliphatic rings. The average Bonchev–Trinajstić information content (AvgIpc) is 3.14. The molecule has 4 nitrogen and oxygen atoms in total. The molecule has 0 fully saturated rings. The van der Waals surface area contributed by atoms with E-state index in [1.807, 2.05) is 10.8 Å². The van der Waals surface area contributed by atoms with Crippen molar-refractivity contribution >= 4 is 23.4 Å². The SMILES string of the molecule is Cc1ccc(-n2ccnc2SCC(=O)Nc2c(C(C)C)cccc2C(C)C)c(C)c1. The predicted octanol–water partition coefficient (Wildman–Crippen LogP) is 6.47.